The molecule has 19 heavy (non-hydrogen) atoms. The zero-order valence-corrected chi connectivity index (χ0v) is 11.6. The zero-order valence-electron chi connectivity index (χ0n) is 11.6. The first kappa shape index (κ1) is 13.8. The van der Waals surface area contributed by atoms with E-state index in [1.165, 1.54) is 12.8 Å². The monoisotopic (exact) mass is 267 g/mol. The highest BCUT2D eigenvalue weighted by Gasteiger charge is 2.21. The summed E-state index contributed by atoms with van der Waals surface area (Å²) in [6.45, 7) is 6.16. The number of nitrogens with one attached hydrogen (secondary N) is 3. The number of carbonyl (C=O) groups excluding carboxylic acids is 1. The van der Waals surface area contributed by atoms with E-state index in [9.17, 15) is 4.79 Å². The number of carbonyl (C=O) groups is 1. The summed E-state index contributed by atoms with van der Waals surface area (Å²) in [6.07, 6.45) is 2.43. The van der Waals surface area contributed by atoms with Gasteiger partial charge in [-0.25, -0.2) is 0 Å². The van der Waals surface area contributed by atoms with Gasteiger partial charge in [0.2, 0.25) is 11.8 Å². The Balaban J connectivity index is 1.79. The van der Waals surface area contributed by atoms with Crippen LogP contribution in [0.25, 0.3) is 0 Å². The van der Waals surface area contributed by atoms with E-state index in [1.807, 2.05) is 13.8 Å². The highest BCUT2D eigenvalue weighted by Crippen LogP contribution is 2.19. The van der Waals surface area contributed by atoms with Crippen LogP contribution >= 0.6 is 0 Å². The molecule has 1 heterocycles. The lowest BCUT2D eigenvalue weighted by molar-refractivity contribution is -0.122. The van der Waals surface area contributed by atoms with Gasteiger partial charge in [-0.05, 0) is 33.6 Å². The van der Waals surface area contributed by atoms with Crippen LogP contribution in [0.4, 0.5) is 6.01 Å². The van der Waals surface area contributed by atoms with Gasteiger partial charge >= 0.3 is 6.01 Å². The number of hydrogen-bond acceptors (Lipinski definition) is 6. The number of aromatic nitrogens is 2. The van der Waals surface area contributed by atoms with E-state index in [0.29, 0.717) is 18.5 Å². The Kier molecular flexibility index (Phi) is 4.36. The van der Waals surface area contributed by atoms with Gasteiger partial charge in [-0.3, -0.25) is 4.79 Å². The standard InChI is InChI=1S/C12H21N5O2/c1-7(2)14-11(18)8(3)15-12-17-16-10(19-12)6-13-9-4-5-9/h7-9,13H,4-6H2,1-3H3,(H,14,18)(H,15,17). The Labute approximate surface area is 112 Å². The summed E-state index contributed by atoms with van der Waals surface area (Å²) in [7, 11) is 0. The molecule has 2 rings (SSSR count). The Morgan fingerprint density at radius 1 is 1.37 bits per heavy atom. The van der Waals surface area contributed by atoms with Crippen molar-refractivity contribution in [2.75, 3.05) is 5.32 Å². The van der Waals surface area contributed by atoms with Crippen molar-refractivity contribution in [3.63, 3.8) is 0 Å². The molecule has 0 saturated heterocycles. The summed E-state index contributed by atoms with van der Waals surface area (Å²) in [6, 6.07) is 0.572. The summed E-state index contributed by atoms with van der Waals surface area (Å²) < 4.78 is 5.41. The van der Waals surface area contributed by atoms with Gasteiger partial charge in [0.25, 0.3) is 0 Å². The fourth-order valence-corrected chi connectivity index (χ4v) is 1.56. The van der Waals surface area contributed by atoms with Crippen molar-refractivity contribution in [2.45, 2.75) is 58.3 Å². The second-order valence-corrected chi connectivity index (χ2v) is 5.19. The first-order valence-corrected chi connectivity index (χ1v) is 6.67. The third-order valence-electron chi connectivity index (χ3n) is 2.75. The molecular weight excluding hydrogens is 246 g/mol. The van der Waals surface area contributed by atoms with Crippen LogP contribution in [0, 0.1) is 0 Å². The predicted molar refractivity (Wildman–Crippen MR) is 70.5 cm³/mol. The van der Waals surface area contributed by atoms with Crippen LogP contribution in [0.1, 0.15) is 39.5 Å². The normalized spacial score (nSPS) is 16.4. The molecule has 1 aromatic heterocycles. The average molecular weight is 267 g/mol. The molecule has 106 valence electrons. The van der Waals surface area contributed by atoms with Crippen LogP contribution in [0.2, 0.25) is 0 Å². The van der Waals surface area contributed by atoms with Crippen molar-refractivity contribution in [3.05, 3.63) is 5.89 Å². The van der Waals surface area contributed by atoms with Crippen LogP contribution in [0.3, 0.4) is 0 Å². The summed E-state index contributed by atoms with van der Waals surface area (Å²) in [5, 5.41) is 16.8. The minimum atomic E-state index is -0.410. The fraction of sp³-hybridized carbons (Fsp3) is 0.750. The van der Waals surface area contributed by atoms with Gasteiger partial charge in [0.1, 0.15) is 6.04 Å². The molecule has 7 nitrogen and oxygen atoms in total. The largest absolute Gasteiger partial charge is 0.407 e. The molecule has 1 amide bonds. The lowest BCUT2D eigenvalue weighted by atomic mass is 10.3. The van der Waals surface area contributed by atoms with Crippen molar-refractivity contribution >= 4 is 11.9 Å². The molecule has 1 atom stereocenters. The topological polar surface area (TPSA) is 92.1 Å². The van der Waals surface area contributed by atoms with Crippen LogP contribution in [0.15, 0.2) is 4.42 Å². The molecule has 0 radical (unpaired) electrons. The number of anilines is 1. The molecule has 1 aliphatic rings. The lowest BCUT2D eigenvalue weighted by Crippen LogP contribution is -2.41. The maximum Gasteiger partial charge on any atom is 0.316 e. The van der Waals surface area contributed by atoms with Crippen LogP contribution in [-0.4, -0.2) is 34.2 Å². The van der Waals surface area contributed by atoms with Gasteiger partial charge in [0.05, 0.1) is 6.54 Å². The number of hydrogen-bond donors (Lipinski definition) is 3. The third-order valence-corrected chi connectivity index (χ3v) is 2.75. The van der Waals surface area contributed by atoms with E-state index in [2.05, 4.69) is 26.1 Å². The fourth-order valence-electron chi connectivity index (χ4n) is 1.56. The van der Waals surface area contributed by atoms with Gasteiger partial charge in [-0.15, -0.1) is 5.10 Å². The van der Waals surface area contributed by atoms with E-state index < -0.39 is 6.04 Å². The van der Waals surface area contributed by atoms with Gasteiger partial charge in [0, 0.05) is 12.1 Å². The highest BCUT2D eigenvalue weighted by atomic mass is 16.4. The summed E-state index contributed by atoms with van der Waals surface area (Å²) >= 11 is 0. The smallest absolute Gasteiger partial charge is 0.316 e. The van der Waals surface area contributed by atoms with Crippen molar-refractivity contribution in [1.29, 1.82) is 0 Å². The number of rotatable bonds is 7. The zero-order chi connectivity index (χ0) is 13.8. The summed E-state index contributed by atoms with van der Waals surface area (Å²) in [4.78, 5) is 11.7. The van der Waals surface area contributed by atoms with E-state index in [0.717, 1.165) is 0 Å². The Hall–Kier alpha value is -1.63. The number of nitrogens with zero attached hydrogens (tertiary/aromatic N) is 2. The summed E-state index contributed by atoms with van der Waals surface area (Å²) in [5.74, 6) is 0.441. The van der Waals surface area contributed by atoms with Crippen molar-refractivity contribution in [2.24, 2.45) is 0 Å². The van der Waals surface area contributed by atoms with Gasteiger partial charge in [-0.1, -0.05) is 5.10 Å². The van der Waals surface area contributed by atoms with Crippen LogP contribution in [-0.2, 0) is 11.3 Å². The van der Waals surface area contributed by atoms with Gasteiger partial charge < -0.3 is 20.4 Å². The maximum atomic E-state index is 11.7. The highest BCUT2D eigenvalue weighted by molar-refractivity contribution is 5.83. The molecule has 1 fully saturated rings. The third kappa shape index (κ3) is 4.51. The van der Waals surface area contributed by atoms with E-state index in [1.54, 1.807) is 6.92 Å². The molecule has 7 heteroatoms. The van der Waals surface area contributed by atoms with E-state index >= 15 is 0 Å². The minimum Gasteiger partial charge on any atom is -0.407 e. The SMILES string of the molecule is CC(C)NC(=O)C(C)Nc1nnc(CNC2CC2)o1. The minimum absolute atomic E-state index is 0.0918. The Bertz CT molecular complexity index is 428. The molecule has 0 bridgehead atoms. The maximum absolute atomic E-state index is 11.7. The van der Waals surface area contributed by atoms with E-state index in [4.69, 9.17) is 4.42 Å². The Morgan fingerprint density at radius 3 is 2.74 bits per heavy atom. The molecule has 0 aliphatic heterocycles. The quantitative estimate of drug-likeness (QED) is 0.671. The molecule has 0 spiro atoms. The molecule has 1 saturated carbocycles. The van der Waals surface area contributed by atoms with Crippen molar-refractivity contribution in [1.82, 2.24) is 20.8 Å². The number of amides is 1. The average Bonchev–Trinajstić information content (AvgIpc) is 3.06. The predicted octanol–water partition coefficient (Wildman–Crippen LogP) is 0.647. The Morgan fingerprint density at radius 2 is 2.11 bits per heavy atom. The van der Waals surface area contributed by atoms with E-state index in [-0.39, 0.29) is 18.0 Å². The molecule has 1 aromatic rings. The summed E-state index contributed by atoms with van der Waals surface area (Å²) in [5.41, 5.74) is 0. The second kappa shape index (κ2) is 6.01. The molecule has 1 aliphatic carbocycles. The van der Waals surface area contributed by atoms with Crippen molar-refractivity contribution in [3.8, 4) is 0 Å². The second-order valence-electron chi connectivity index (χ2n) is 5.19. The molecular formula is C12H21N5O2. The van der Waals surface area contributed by atoms with Crippen LogP contribution in [0.5, 0.6) is 0 Å². The lowest BCUT2D eigenvalue weighted by Gasteiger charge is -2.14. The first-order valence-electron chi connectivity index (χ1n) is 6.67. The van der Waals surface area contributed by atoms with Gasteiger partial charge in [-0.2, -0.15) is 0 Å². The molecule has 1 unspecified atom stereocenters. The van der Waals surface area contributed by atoms with Crippen molar-refractivity contribution < 1.29 is 9.21 Å². The molecule has 0 aromatic carbocycles. The van der Waals surface area contributed by atoms with Crippen LogP contribution < -0.4 is 16.0 Å². The molecule has 3 N–H and O–H groups in total. The van der Waals surface area contributed by atoms with Gasteiger partial charge in [0.15, 0.2) is 0 Å². The first-order chi connectivity index (χ1) is 9.04.